The molecule has 4 heteroatoms. The Hall–Kier alpha value is -1.03. The highest BCUT2D eigenvalue weighted by molar-refractivity contribution is 7.15. The van der Waals surface area contributed by atoms with E-state index in [9.17, 15) is 0 Å². The minimum atomic E-state index is 0. The summed E-state index contributed by atoms with van der Waals surface area (Å²) in [6, 6.07) is 10.4. The third-order valence-electron chi connectivity index (χ3n) is 2.46. The summed E-state index contributed by atoms with van der Waals surface area (Å²) in [6.45, 7) is 2.65. The molecule has 0 fully saturated rings. The zero-order valence-electron chi connectivity index (χ0n) is 9.90. The van der Waals surface area contributed by atoms with Gasteiger partial charge < -0.3 is 10.5 Å². The van der Waals surface area contributed by atoms with Crippen LogP contribution in [0.3, 0.4) is 0 Å². The number of hydrogen-bond donors (Lipinski definition) is 1. The van der Waals surface area contributed by atoms with Crippen LogP contribution in [0.2, 0.25) is 0 Å². The van der Waals surface area contributed by atoms with Crippen LogP contribution in [0.4, 0.5) is 0 Å². The molecule has 0 aliphatic carbocycles. The zero-order chi connectivity index (χ0) is 11.5. The Balaban J connectivity index is 0.00000144. The molecule has 0 aliphatic rings. The third-order valence-corrected chi connectivity index (χ3v) is 3.51. The fourth-order valence-electron chi connectivity index (χ4n) is 1.63. The topological polar surface area (TPSA) is 35.2 Å². The Morgan fingerprint density at radius 3 is 2.53 bits per heavy atom. The summed E-state index contributed by atoms with van der Waals surface area (Å²) in [4.78, 5) is 2.57. The van der Waals surface area contributed by atoms with Crippen molar-refractivity contribution in [2.45, 2.75) is 13.5 Å². The van der Waals surface area contributed by atoms with E-state index in [-0.39, 0.29) is 12.4 Å². The quantitative estimate of drug-likeness (QED) is 0.924. The lowest BCUT2D eigenvalue weighted by atomic mass is 10.1. The van der Waals surface area contributed by atoms with Gasteiger partial charge in [0.1, 0.15) is 5.75 Å². The normalized spacial score (nSPS) is 9.82. The van der Waals surface area contributed by atoms with Crippen LogP contribution in [0.1, 0.15) is 10.4 Å². The largest absolute Gasteiger partial charge is 0.497 e. The number of halogens is 1. The molecule has 92 valence electrons. The van der Waals surface area contributed by atoms with Gasteiger partial charge in [0.15, 0.2) is 0 Å². The van der Waals surface area contributed by atoms with Crippen LogP contribution >= 0.6 is 23.7 Å². The van der Waals surface area contributed by atoms with Crippen LogP contribution in [-0.4, -0.2) is 7.11 Å². The molecule has 1 aromatic carbocycles. The van der Waals surface area contributed by atoms with Crippen molar-refractivity contribution in [3.8, 4) is 16.2 Å². The highest BCUT2D eigenvalue weighted by atomic mass is 35.5. The predicted octanol–water partition coefficient (Wildman–Crippen LogP) is 3.61. The third kappa shape index (κ3) is 3.22. The molecular weight excluding hydrogens is 254 g/mol. The number of benzene rings is 1. The second-order valence-electron chi connectivity index (χ2n) is 3.68. The van der Waals surface area contributed by atoms with Gasteiger partial charge in [0, 0.05) is 16.3 Å². The maximum atomic E-state index is 5.67. The first-order valence-corrected chi connectivity index (χ1v) is 5.99. The highest BCUT2D eigenvalue weighted by Crippen LogP contribution is 2.31. The molecule has 1 heterocycles. The van der Waals surface area contributed by atoms with Crippen LogP contribution in [0.25, 0.3) is 10.4 Å². The van der Waals surface area contributed by atoms with Crippen molar-refractivity contribution in [2.75, 3.05) is 7.11 Å². The summed E-state index contributed by atoms with van der Waals surface area (Å²) in [5.41, 5.74) is 7.95. The van der Waals surface area contributed by atoms with Crippen LogP contribution in [0.5, 0.6) is 5.75 Å². The molecule has 0 amide bonds. The average molecular weight is 270 g/mol. The summed E-state index contributed by atoms with van der Waals surface area (Å²) in [5.74, 6) is 0.865. The van der Waals surface area contributed by atoms with E-state index in [1.807, 2.05) is 12.1 Å². The van der Waals surface area contributed by atoms with Gasteiger partial charge in [-0.05, 0) is 48.4 Å². The van der Waals surface area contributed by atoms with Crippen molar-refractivity contribution in [2.24, 2.45) is 5.73 Å². The Kier molecular flexibility index (Phi) is 5.00. The van der Waals surface area contributed by atoms with Crippen LogP contribution in [-0.2, 0) is 6.54 Å². The SMILES string of the molecule is COc1cc(CN)cc(-c2ccc(C)s2)c1.Cl. The fraction of sp³-hybridized carbons (Fsp3) is 0.231. The van der Waals surface area contributed by atoms with Gasteiger partial charge >= 0.3 is 0 Å². The molecule has 0 unspecified atom stereocenters. The summed E-state index contributed by atoms with van der Waals surface area (Å²) in [7, 11) is 1.68. The van der Waals surface area contributed by atoms with Crippen LogP contribution in [0, 0.1) is 6.92 Å². The molecule has 0 saturated heterocycles. The smallest absolute Gasteiger partial charge is 0.119 e. The Bertz CT molecular complexity index is 474. The molecule has 2 nitrogen and oxygen atoms in total. The molecule has 2 rings (SSSR count). The first kappa shape index (κ1) is 14.0. The monoisotopic (exact) mass is 269 g/mol. The van der Waals surface area contributed by atoms with Crippen LogP contribution < -0.4 is 10.5 Å². The van der Waals surface area contributed by atoms with Crippen LogP contribution in [0.15, 0.2) is 30.3 Å². The van der Waals surface area contributed by atoms with Gasteiger partial charge in [0.25, 0.3) is 0 Å². The van der Waals surface area contributed by atoms with Crippen molar-refractivity contribution in [3.05, 3.63) is 40.8 Å². The number of nitrogens with two attached hydrogens (primary N) is 1. The highest BCUT2D eigenvalue weighted by Gasteiger charge is 2.04. The maximum Gasteiger partial charge on any atom is 0.119 e. The van der Waals surface area contributed by atoms with E-state index in [1.165, 1.54) is 15.3 Å². The van der Waals surface area contributed by atoms with Crippen molar-refractivity contribution in [1.29, 1.82) is 0 Å². The summed E-state index contributed by atoms with van der Waals surface area (Å²) in [6.07, 6.45) is 0. The molecular formula is C13H16ClNOS. The molecule has 0 spiro atoms. The minimum Gasteiger partial charge on any atom is -0.497 e. The van der Waals surface area contributed by atoms with E-state index in [2.05, 4.69) is 25.1 Å². The fourth-order valence-corrected chi connectivity index (χ4v) is 2.48. The van der Waals surface area contributed by atoms with E-state index in [1.54, 1.807) is 18.4 Å². The number of methoxy groups -OCH3 is 1. The number of aryl methyl sites for hydroxylation is 1. The Morgan fingerprint density at radius 1 is 1.24 bits per heavy atom. The molecule has 0 saturated carbocycles. The standard InChI is InChI=1S/C13H15NOS.ClH/c1-9-3-4-13(16-9)11-5-10(8-14)6-12(7-11)15-2;/h3-7H,8,14H2,1-2H3;1H. The molecule has 2 aromatic rings. The van der Waals surface area contributed by atoms with Gasteiger partial charge in [-0.1, -0.05) is 0 Å². The number of thiophene rings is 1. The first-order valence-electron chi connectivity index (χ1n) is 5.18. The molecule has 17 heavy (non-hydrogen) atoms. The van der Waals surface area contributed by atoms with Gasteiger partial charge in [-0.15, -0.1) is 23.7 Å². The molecule has 0 bridgehead atoms. The lowest BCUT2D eigenvalue weighted by Crippen LogP contribution is -1.97. The Morgan fingerprint density at radius 2 is 2.00 bits per heavy atom. The molecule has 0 aliphatic heterocycles. The van der Waals surface area contributed by atoms with Gasteiger partial charge in [-0.3, -0.25) is 0 Å². The van der Waals surface area contributed by atoms with Gasteiger partial charge in [0.2, 0.25) is 0 Å². The Labute approximate surface area is 112 Å². The van der Waals surface area contributed by atoms with Gasteiger partial charge in [-0.2, -0.15) is 0 Å². The lowest BCUT2D eigenvalue weighted by molar-refractivity contribution is 0.414. The van der Waals surface area contributed by atoms with E-state index < -0.39 is 0 Å². The van der Waals surface area contributed by atoms with E-state index >= 15 is 0 Å². The molecule has 0 atom stereocenters. The summed E-state index contributed by atoms with van der Waals surface area (Å²) >= 11 is 1.78. The minimum absolute atomic E-state index is 0. The molecule has 1 aromatic heterocycles. The summed E-state index contributed by atoms with van der Waals surface area (Å²) < 4.78 is 5.27. The van der Waals surface area contributed by atoms with Crippen molar-refractivity contribution in [1.82, 2.24) is 0 Å². The summed E-state index contributed by atoms with van der Waals surface area (Å²) in [5, 5.41) is 0. The van der Waals surface area contributed by atoms with E-state index in [0.717, 1.165) is 11.3 Å². The van der Waals surface area contributed by atoms with Crippen molar-refractivity contribution < 1.29 is 4.74 Å². The van der Waals surface area contributed by atoms with Gasteiger partial charge in [-0.25, -0.2) is 0 Å². The van der Waals surface area contributed by atoms with Crippen molar-refractivity contribution in [3.63, 3.8) is 0 Å². The van der Waals surface area contributed by atoms with E-state index in [0.29, 0.717) is 6.54 Å². The number of rotatable bonds is 3. The van der Waals surface area contributed by atoms with Gasteiger partial charge in [0.05, 0.1) is 7.11 Å². The molecule has 0 radical (unpaired) electrons. The second kappa shape index (κ2) is 6.05. The average Bonchev–Trinajstić information content (AvgIpc) is 2.75. The number of hydrogen-bond acceptors (Lipinski definition) is 3. The maximum absolute atomic E-state index is 5.67. The zero-order valence-corrected chi connectivity index (χ0v) is 11.5. The predicted molar refractivity (Wildman–Crippen MR) is 76.2 cm³/mol. The lowest BCUT2D eigenvalue weighted by Gasteiger charge is -2.06. The molecule has 2 N–H and O–H groups in total. The van der Waals surface area contributed by atoms with Crippen molar-refractivity contribution >= 4 is 23.7 Å². The first-order chi connectivity index (χ1) is 7.72. The number of ether oxygens (including phenoxy) is 1. The second-order valence-corrected chi connectivity index (χ2v) is 4.97. The van der Waals surface area contributed by atoms with E-state index in [4.69, 9.17) is 10.5 Å².